The zero-order valence-corrected chi connectivity index (χ0v) is 48.0. The molecule has 26 heteroatoms. The third-order valence-corrected chi connectivity index (χ3v) is 14.8. The van der Waals surface area contributed by atoms with Gasteiger partial charge < -0.3 is 80.6 Å². The smallest absolute Gasteiger partial charge is 0.333 e. The van der Waals surface area contributed by atoms with Crippen LogP contribution in [-0.4, -0.2) is 118 Å². The maximum Gasteiger partial charge on any atom is 0.333 e. The van der Waals surface area contributed by atoms with Crippen molar-refractivity contribution >= 4 is 64.6 Å². The highest BCUT2D eigenvalue weighted by atomic mass is 35.5. The van der Waals surface area contributed by atoms with Crippen molar-refractivity contribution in [3.63, 3.8) is 0 Å². The Hall–Kier alpha value is -8.86. The van der Waals surface area contributed by atoms with E-state index in [1.807, 2.05) is 19.9 Å². The van der Waals surface area contributed by atoms with Crippen molar-refractivity contribution in [3.8, 4) is 63.2 Å². The Labute approximate surface area is 491 Å². The van der Waals surface area contributed by atoms with Gasteiger partial charge in [0.2, 0.25) is 41.2 Å². The molecule has 9 N–H and O–H groups in total. The molecule has 5 aromatic rings. The second-order valence-corrected chi connectivity index (χ2v) is 20.8. The lowest BCUT2D eigenvalue weighted by atomic mass is 9.89. The minimum absolute atomic E-state index is 0.00824. The molecule has 6 amide bonds. The fourth-order valence-electron chi connectivity index (χ4n) is 9.95. The number of benzene rings is 5. The summed E-state index contributed by atoms with van der Waals surface area (Å²) in [7, 11) is 7.94. The first-order valence-electron chi connectivity index (χ1n) is 26.1. The molecule has 24 nitrogen and oxygen atoms in total. The lowest BCUT2D eigenvalue weighted by Crippen LogP contribution is -2.58. The summed E-state index contributed by atoms with van der Waals surface area (Å²) in [4.78, 5) is 103. The Balaban J connectivity index is 1.39. The molecule has 0 saturated heterocycles. The molecule has 0 aromatic heterocycles. The Morgan fingerprint density at radius 1 is 0.655 bits per heavy atom. The largest absolute Gasteiger partial charge is 0.497 e. The molecule has 5 aromatic carbocycles. The fourth-order valence-corrected chi connectivity index (χ4v) is 10.4. The number of hydrogen-bond acceptors (Lipinski definition) is 18. The van der Waals surface area contributed by atoms with Crippen molar-refractivity contribution in [2.75, 3.05) is 42.6 Å². The molecule has 1 unspecified atom stereocenters. The minimum atomic E-state index is -2.01. The van der Waals surface area contributed by atoms with Gasteiger partial charge in [0.25, 0.3) is 0 Å². The zero-order valence-electron chi connectivity index (χ0n) is 46.5. The van der Waals surface area contributed by atoms with E-state index in [2.05, 4.69) is 37.2 Å². The van der Waals surface area contributed by atoms with Crippen molar-refractivity contribution in [2.24, 2.45) is 5.92 Å². The zero-order chi connectivity index (χ0) is 60.8. The quantitative estimate of drug-likeness (QED) is 0.0807. The molecular weight excluding hydrogens is 1140 g/mol. The van der Waals surface area contributed by atoms with Gasteiger partial charge in [-0.2, -0.15) is 5.26 Å². The molecule has 5 aliphatic heterocycles. The number of nitrogens with zero attached hydrogens (tertiary/aromatic N) is 1. The van der Waals surface area contributed by atoms with E-state index in [0.29, 0.717) is 6.42 Å². The summed E-state index contributed by atoms with van der Waals surface area (Å²) in [5, 5.41) is 52.5. The molecule has 5 aliphatic rings. The number of aliphatic hydroxyl groups is 2. The Bertz CT molecular complexity index is 3470. The van der Waals surface area contributed by atoms with E-state index in [0.717, 1.165) is 7.11 Å². The van der Waals surface area contributed by atoms with Crippen LogP contribution in [0, 0.1) is 17.2 Å². The highest BCUT2D eigenvalue weighted by Crippen LogP contribution is 2.48. The Kier molecular flexibility index (Phi) is 19.1. The van der Waals surface area contributed by atoms with Crippen molar-refractivity contribution in [2.45, 2.75) is 81.2 Å². The molecule has 0 spiro atoms. The van der Waals surface area contributed by atoms with Crippen LogP contribution >= 0.6 is 23.2 Å². The Morgan fingerprint density at radius 2 is 1.25 bits per heavy atom. The van der Waals surface area contributed by atoms with Crippen LogP contribution in [0.25, 0.3) is 11.1 Å². The van der Waals surface area contributed by atoms with Crippen molar-refractivity contribution < 1.29 is 76.9 Å². The van der Waals surface area contributed by atoms with Gasteiger partial charge in [0, 0.05) is 22.8 Å². The van der Waals surface area contributed by atoms with Gasteiger partial charge in [0.1, 0.15) is 71.2 Å². The standard InChI is InChI=1S/C58H60Cl2N8O16/c1-25(2)17-36(62-3)53(72)67-47-49(69)27-10-13-38(33(59)19-27)83-41-21-29-22-42(51(41)81-7)84-39-14-11-28(20-34(39)60)50(70)48-57(76)66-46(58(77)82-8)32-23-30(78-4)24-40(80-6)43(32)31-18-26(9-12-37(31)79-5)44(54(73)68-48)65-55(74)45(29)64-52(71)35(15-16-61)63-56(47)75/h9-14,18-25,35-36,44-50,62,69-70H,15,17H2,1-8H3,(H,63,75)(H,64,71)(H,65,74)(H,66,76)(H,67,72)(H,68,73)/t35-,36+,44+,45+,46-,47+,48?,49+,50+/m0/s1. The van der Waals surface area contributed by atoms with E-state index in [4.69, 9.17) is 56.4 Å². The molecular formula is C58H60Cl2N8O16. The van der Waals surface area contributed by atoms with Gasteiger partial charge in [0.05, 0.1) is 64.1 Å². The maximum absolute atomic E-state index is 15.7. The molecule has 9 atom stereocenters. The molecule has 5 heterocycles. The molecule has 84 heavy (non-hydrogen) atoms. The number of ether oxygens (including phenoxy) is 7. The third kappa shape index (κ3) is 12.7. The van der Waals surface area contributed by atoms with E-state index < -0.39 is 102 Å². The van der Waals surface area contributed by atoms with Crippen LogP contribution in [0.2, 0.25) is 10.0 Å². The average Bonchev–Trinajstić information content (AvgIpc) is 2.19. The summed E-state index contributed by atoms with van der Waals surface area (Å²) in [6, 6.07) is 7.50. The lowest BCUT2D eigenvalue weighted by molar-refractivity contribution is -0.146. The summed E-state index contributed by atoms with van der Waals surface area (Å²) in [5.74, 6) is -7.82. The van der Waals surface area contributed by atoms with E-state index in [1.54, 1.807) is 7.05 Å². The summed E-state index contributed by atoms with van der Waals surface area (Å²) in [5.41, 5.74) is 0.0867. The molecule has 0 radical (unpaired) electrons. The van der Waals surface area contributed by atoms with Gasteiger partial charge in [-0.25, -0.2) is 4.79 Å². The molecule has 10 rings (SSSR count). The predicted molar refractivity (Wildman–Crippen MR) is 300 cm³/mol. The first kappa shape index (κ1) is 61.2. The lowest BCUT2D eigenvalue weighted by Gasteiger charge is -2.31. The van der Waals surface area contributed by atoms with E-state index in [9.17, 15) is 39.4 Å². The second kappa shape index (κ2) is 26.2. The number of likely N-dealkylation sites (N-methyl/N-ethyl adjacent to an activating group) is 1. The monoisotopic (exact) mass is 1190 g/mol. The van der Waals surface area contributed by atoms with Gasteiger partial charge >= 0.3 is 5.97 Å². The van der Waals surface area contributed by atoms with Crippen LogP contribution in [0.3, 0.4) is 0 Å². The number of nitriles is 1. The third-order valence-electron chi connectivity index (χ3n) is 14.2. The second-order valence-electron chi connectivity index (χ2n) is 20.0. The maximum atomic E-state index is 15.7. The number of carbonyl (C=O) groups is 7. The first-order chi connectivity index (χ1) is 40.2. The van der Waals surface area contributed by atoms with Gasteiger partial charge in [-0.05, 0) is 96.2 Å². The van der Waals surface area contributed by atoms with Crippen molar-refractivity contribution in [1.29, 1.82) is 5.26 Å². The minimum Gasteiger partial charge on any atom is -0.497 e. The van der Waals surface area contributed by atoms with Crippen LogP contribution in [0.1, 0.15) is 84.8 Å². The summed E-state index contributed by atoms with van der Waals surface area (Å²) in [6.07, 6.45) is -4.24. The fraction of sp³-hybridized carbons (Fsp3) is 0.345. The van der Waals surface area contributed by atoms with Crippen LogP contribution in [0.15, 0.2) is 78.9 Å². The topological polar surface area (TPSA) is 333 Å². The molecule has 0 aliphatic carbocycles. The first-order valence-corrected chi connectivity index (χ1v) is 26.8. The number of carbonyl (C=O) groups excluding carboxylic acids is 7. The normalized spacial score (nSPS) is 21.7. The number of nitrogens with one attached hydrogen (secondary N) is 7. The van der Waals surface area contributed by atoms with Gasteiger partial charge in [-0.3, -0.25) is 28.8 Å². The van der Waals surface area contributed by atoms with E-state index >= 15 is 9.59 Å². The van der Waals surface area contributed by atoms with Crippen molar-refractivity contribution in [1.82, 2.24) is 37.2 Å². The number of amides is 6. The average molecular weight is 1200 g/mol. The SMILES string of the molecule is CN[C@H](CC(C)C)C(=O)N[C@H]1C(=O)N[C@@H](CC#N)C(=O)N[C@H]2C(=O)N[C@H]3C(=O)NC(C(=O)N[C@H](C(=O)OC)c4cc(OC)cc(OC)c4-c4cc3ccc4OC)[C@H](O)c3ccc(c(Cl)c3)Oc3cc2cc(c3OC)Oc2ccc(cc2Cl)[C@H]1O. The molecule has 0 fully saturated rings. The predicted octanol–water partition coefficient (Wildman–Crippen LogP) is 4.73. The summed E-state index contributed by atoms with van der Waals surface area (Å²) >= 11 is 13.8. The molecule has 11 bridgehead atoms. The highest BCUT2D eigenvalue weighted by molar-refractivity contribution is 6.32. The van der Waals surface area contributed by atoms with Crippen molar-refractivity contribution in [3.05, 3.63) is 117 Å². The number of methoxy groups -OCH3 is 5. The van der Waals surface area contributed by atoms with Gasteiger partial charge in [0.15, 0.2) is 17.5 Å². The number of hydrogen-bond donors (Lipinski definition) is 9. The molecule has 0 saturated carbocycles. The number of aliphatic hydroxyl groups excluding tert-OH is 2. The Morgan fingerprint density at radius 3 is 1.81 bits per heavy atom. The summed E-state index contributed by atoms with van der Waals surface area (Å²) in [6.45, 7) is 3.76. The number of esters is 1. The van der Waals surface area contributed by atoms with Crippen LogP contribution in [0.4, 0.5) is 0 Å². The number of rotatable bonds is 11. The number of halogens is 2. The van der Waals surface area contributed by atoms with Gasteiger partial charge in [-0.15, -0.1) is 0 Å². The van der Waals surface area contributed by atoms with E-state index in [-0.39, 0.29) is 101 Å². The van der Waals surface area contributed by atoms with Crippen LogP contribution < -0.4 is 65.6 Å². The number of fused-ring (bicyclic) bond motifs is 15. The summed E-state index contributed by atoms with van der Waals surface area (Å²) < 4.78 is 41.2. The highest BCUT2D eigenvalue weighted by Gasteiger charge is 2.42. The van der Waals surface area contributed by atoms with Crippen LogP contribution in [0.5, 0.6) is 46.0 Å². The van der Waals surface area contributed by atoms with E-state index in [1.165, 1.54) is 107 Å². The molecule has 442 valence electrons. The van der Waals surface area contributed by atoms with Crippen LogP contribution in [-0.2, 0) is 38.3 Å². The van der Waals surface area contributed by atoms with Gasteiger partial charge in [-0.1, -0.05) is 55.2 Å².